The van der Waals surface area contributed by atoms with E-state index in [1.807, 2.05) is 0 Å². The number of amidine groups is 1. The summed E-state index contributed by atoms with van der Waals surface area (Å²) < 4.78 is 0. The summed E-state index contributed by atoms with van der Waals surface area (Å²) in [6, 6.07) is 0. The smallest absolute Gasteiger partial charge is 0.375 e. The highest BCUT2D eigenvalue weighted by molar-refractivity contribution is 6.34. The zero-order valence-corrected chi connectivity index (χ0v) is 11.2. The van der Waals surface area contributed by atoms with E-state index >= 15 is 0 Å². The number of hydrogen-bond acceptors (Lipinski definition) is 7. The van der Waals surface area contributed by atoms with Gasteiger partial charge < -0.3 is 30.5 Å². The average Bonchev–Trinajstić information content (AvgIpc) is 2.33. The zero-order chi connectivity index (χ0) is 17.3. The van der Waals surface area contributed by atoms with Gasteiger partial charge in [-0.15, -0.1) is 0 Å². The van der Waals surface area contributed by atoms with Crippen molar-refractivity contribution >= 4 is 29.7 Å². The lowest BCUT2D eigenvalue weighted by molar-refractivity contribution is -0.143. The number of carboxylic acids is 4. The number of aliphatic carboxylic acids is 4. The van der Waals surface area contributed by atoms with Gasteiger partial charge in [0.15, 0.2) is 0 Å². The summed E-state index contributed by atoms with van der Waals surface area (Å²) in [5.41, 5.74) is 0. The van der Waals surface area contributed by atoms with Crippen LogP contribution in [0, 0.1) is 0 Å². The maximum absolute atomic E-state index is 10.8. The highest BCUT2D eigenvalue weighted by Crippen LogP contribution is 1.97. The van der Waals surface area contributed by atoms with Crippen LogP contribution in [0.15, 0.2) is 5.16 Å². The topological polar surface area (TPSA) is 188 Å². The van der Waals surface area contributed by atoms with Crippen molar-refractivity contribution in [2.24, 2.45) is 5.16 Å². The van der Waals surface area contributed by atoms with Gasteiger partial charge in [-0.05, 0) is 0 Å². The summed E-state index contributed by atoms with van der Waals surface area (Å²) in [5, 5.41) is 45.9. The summed E-state index contributed by atoms with van der Waals surface area (Å²) >= 11 is 0. The molecule has 0 radical (unpaired) electrons. The lowest BCUT2D eigenvalue weighted by Gasteiger charge is -2.25. The summed E-state index contributed by atoms with van der Waals surface area (Å²) in [5.74, 6) is -6.66. The first-order valence-corrected chi connectivity index (χ1v) is 5.75. The number of carboxylic acid groups (broad SMARTS) is 4. The Labute approximate surface area is 123 Å². The fourth-order valence-electron chi connectivity index (χ4n) is 1.52. The molecule has 0 aromatic carbocycles. The van der Waals surface area contributed by atoms with Crippen LogP contribution in [0.4, 0.5) is 0 Å². The minimum absolute atomic E-state index is 0.266. The predicted molar refractivity (Wildman–Crippen MR) is 67.8 cm³/mol. The molecule has 0 atom stereocenters. The minimum Gasteiger partial charge on any atom is -0.480 e. The zero-order valence-electron chi connectivity index (χ0n) is 11.2. The van der Waals surface area contributed by atoms with Crippen LogP contribution in [0.25, 0.3) is 0 Å². The largest absolute Gasteiger partial charge is 0.480 e. The van der Waals surface area contributed by atoms with Crippen molar-refractivity contribution in [1.29, 1.82) is 0 Å². The Morgan fingerprint density at radius 3 is 1.55 bits per heavy atom. The van der Waals surface area contributed by atoms with Gasteiger partial charge in [-0.3, -0.25) is 19.3 Å². The van der Waals surface area contributed by atoms with E-state index < -0.39 is 49.3 Å². The second-order valence-electron chi connectivity index (χ2n) is 4.04. The number of oxime groups is 1. The average molecular weight is 321 g/mol. The maximum atomic E-state index is 10.8. The van der Waals surface area contributed by atoms with E-state index in [-0.39, 0.29) is 13.1 Å². The molecule has 0 spiro atoms. The molecule has 0 heterocycles. The van der Waals surface area contributed by atoms with E-state index in [1.54, 1.807) is 0 Å². The summed E-state index contributed by atoms with van der Waals surface area (Å²) in [6.07, 6.45) is 0. The summed E-state index contributed by atoms with van der Waals surface area (Å²) in [6.45, 7) is -2.71. The molecule has 0 aromatic rings. The molecule has 0 aliphatic carbocycles. The van der Waals surface area contributed by atoms with Crippen molar-refractivity contribution in [3.63, 3.8) is 0 Å². The quantitative estimate of drug-likeness (QED) is 0.133. The van der Waals surface area contributed by atoms with E-state index in [2.05, 4.69) is 5.16 Å². The van der Waals surface area contributed by atoms with Gasteiger partial charge in [0, 0.05) is 13.1 Å². The molecule has 0 rings (SSSR count). The Kier molecular flexibility index (Phi) is 7.92. The van der Waals surface area contributed by atoms with Crippen molar-refractivity contribution in [3.05, 3.63) is 0 Å². The van der Waals surface area contributed by atoms with Crippen molar-refractivity contribution in [1.82, 2.24) is 9.80 Å². The fourth-order valence-corrected chi connectivity index (χ4v) is 1.52. The minimum atomic E-state index is -1.69. The van der Waals surface area contributed by atoms with Crippen LogP contribution in [-0.2, 0) is 19.2 Å². The van der Waals surface area contributed by atoms with Crippen molar-refractivity contribution in [2.45, 2.75) is 0 Å². The van der Waals surface area contributed by atoms with Gasteiger partial charge in [-0.2, -0.15) is 0 Å². The van der Waals surface area contributed by atoms with Crippen LogP contribution >= 0.6 is 0 Å². The third kappa shape index (κ3) is 7.64. The molecule has 0 saturated heterocycles. The van der Waals surface area contributed by atoms with Gasteiger partial charge in [-0.25, -0.2) is 4.79 Å². The first-order valence-electron chi connectivity index (χ1n) is 5.75. The molecular formula is C10H15N3O9. The lowest BCUT2D eigenvalue weighted by Crippen LogP contribution is -2.46. The monoisotopic (exact) mass is 321 g/mol. The van der Waals surface area contributed by atoms with E-state index in [0.717, 1.165) is 4.90 Å². The highest BCUT2D eigenvalue weighted by Gasteiger charge is 2.23. The molecule has 0 fully saturated rings. The van der Waals surface area contributed by atoms with Gasteiger partial charge in [-0.1, -0.05) is 5.16 Å². The number of nitrogens with zero attached hydrogens (tertiary/aromatic N) is 3. The number of carbonyl (C=O) groups is 4. The first-order chi connectivity index (χ1) is 10.2. The summed E-state index contributed by atoms with van der Waals surface area (Å²) in [7, 11) is 0. The third-order valence-electron chi connectivity index (χ3n) is 2.32. The first kappa shape index (κ1) is 19.1. The molecule has 0 amide bonds. The van der Waals surface area contributed by atoms with E-state index in [0.29, 0.717) is 4.90 Å². The molecule has 0 saturated carbocycles. The molecule has 5 N–H and O–H groups in total. The molecule has 0 aliphatic rings. The van der Waals surface area contributed by atoms with Gasteiger partial charge in [0.05, 0.1) is 13.1 Å². The van der Waals surface area contributed by atoms with Gasteiger partial charge >= 0.3 is 23.9 Å². The molecule has 124 valence electrons. The normalized spacial score (nSPS) is 11.2. The highest BCUT2D eigenvalue weighted by atomic mass is 16.4. The van der Waals surface area contributed by atoms with Crippen molar-refractivity contribution in [2.75, 3.05) is 32.7 Å². The Morgan fingerprint density at radius 2 is 1.23 bits per heavy atom. The van der Waals surface area contributed by atoms with Crippen LogP contribution in [0.2, 0.25) is 0 Å². The molecular weight excluding hydrogens is 306 g/mol. The van der Waals surface area contributed by atoms with Crippen LogP contribution in [0.1, 0.15) is 0 Å². The number of rotatable bonds is 9. The molecule has 0 unspecified atom stereocenters. The van der Waals surface area contributed by atoms with Crippen molar-refractivity contribution < 1.29 is 44.8 Å². The number of hydrogen-bond donors (Lipinski definition) is 5. The molecule has 22 heavy (non-hydrogen) atoms. The molecule has 12 nitrogen and oxygen atoms in total. The van der Waals surface area contributed by atoms with Crippen LogP contribution in [0.3, 0.4) is 0 Å². The Hall–Kier alpha value is -2.89. The Balaban J connectivity index is 4.96. The Bertz CT molecular complexity index is 460. The van der Waals surface area contributed by atoms with Gasteiger partial charge in [0.2, 0.25) is 0 Å². The van der Waals surface area contributed by atoms with Gasteiger partial charge in [0.1, 0.15) is 6.54 Å². The molecule has 0 aliphatic heterocycles. The standard InChI is InChI=1S/C10H15N3O9/c14-6(15)3-12(4-7(16)17)1-2-13(5-8(18)19)9(11-22)10(20)21/h22H,1-5H2,(H,14,15)(H,16,17)(H,18,19)(H,20,21). The van der Waals surface area contributed by atoms with Gasteiger partial charge in [0.25, 0.3) is 5.84 Å². The second-order valence-corrected chi connectivity index (χ2v) is 4.04. The molecule has 0 bridgehead atoms. The summed E-state index contributed by atoms with van der Waals surface area (Å²) in [4.78, 5) is 44.4. The third-order valence-corrected chi connectivity index (χ3v) is 2.32. The van der Waals surface area contributed by atoms with Crippen molar-refractivity contribution in [3.8, 4) is 0 Å². The maximum Gasteiger partial charge on any atom is 0.375 e. The molecule has 0 aromatic heterocycles. The SMILES string of the molecule is O=C(O)CN(CCN(CC(=O)O)C(=NO)C(=O)O)CC(=O)O. The van der Waals surface area contributed by atoms with Crippen LogP contribution in [0.5, 0.6) is 0 Å². The lowest BCUT2D eigenvalue weighted by atomic mass is 10.3. The van der Waals surface area contributed by atoms with Crippen LogP contribution in [-0.4, -0.2) is 97.9 Å². The fraction of sp³-hybridized carbons (Fsp3) is 0.500. The second kappa shape index (κ2) is 9.12. The van der Waals surface area contributed by atoms with E-state index in [1.165, 1.54) is 0 Å². The van der Waals surface area contributed by atoms with E-state index in [9.17, 15) is 19.2 Å². The van der Waals surface area contributed by atoms with Crippen LogP contribution < -0.4 is 0 Å². The predicted octanol–water partition coefficient (Wildman–Crippen LogP) is -2.28. The van der Waals surface area contributed by atoms with E-state index in [4.69, 9.17) is 25.6 Å². The molecule has 12 heteroatoms. The Morgan fingerprint density at radius 1 is 0.773 bits per heavy atom.